The summed E-state index contributed by atoms with van der Waals surface area (Å²) in [5, 5.41) is 0. The van der Waals surface area contributed by atoms with Crippen LogP contribution >= 0.6 is 37.2 Å². The van der Waals surface area contributed by atoms with Crippen molar-refractivity contribution in [1.82, 2.24) is 4.98 Å². The van der Waals surface area contributed by atoms with Gasteiger partial charge in [-0.05, 0) is 43.5 Å². The van der Waals surface area contributed by atoms with Crippen molar-refractivity contribution in [3.63, 3.8) is 0 Å². The first-order valence-corrected chi connectivity index (χ1v) is 7.27. The fraction of sp³-hybridized carbons (Fsp3) is 0.353. The highest BCUT2D eigenvalue weighted by molar-refractivity contribution is 5.86. The number of halogens is 3. The van der Waals surface area contributed by atoms with Gasteiger partial charge in [-0.15, -0.1) is 37.2 Å². The van der Waals surface area contributed by atoms with Crippen molar-refractivity contribution in [2.75, 3.05) is 18.9 Å². The smallest absolute Gasteiger partial charge is 0.138 e. The van der Waals surface area contributed by atoms with Gasteiger partial charge >= 0.3 is 0 Å². The summed E-state index contributed by atoms with van der Waals surface area (Å²) >= 11 is 0. The molecule has 3 rings (SSSR count). The summed E-state index contributed by atoms with van der Waals surface area (Å²) in [6.07, 6.45) is 4.09. The maximum Gasteiger partial charge on any atom is 0.138 e. The number of hydrogen-bond donors (Lipinski definition) is 2. The second-order valence-corrected chi connectivity index (χ2v) is 5.92. The van der Waals surface area contributed by atoms with Crippen LogP contribution in [0.2, 0.25) is 0 Å². The molecule has 1 aromatic heterocycles. The van der Waals surface area contributed by atoms with Crippen LogP contribution in [0.5, 0.6) is 5.75 Å². The lowest BCUT2D eigenvalue weighted by molar-refractivity contribution is 0.238. The molecule has 134 valence electrons. The first-order valence-electron chi connectivity index (χ1n) is 7.27. The van der Waals surface area contributed by atoms with E-state index >= 15 is 0 Å². The quantitative estimate of drug-likeness (QED) is 0.754. The van der Waals surface area contributed by atoms with E-state index in [9.17, 15) is 0 Å². The Labute approximate surface area is 161 Å². The molecule has 1 aromatic carbocycles. The van der Waals surface area contributed by atoms with Crippen molar-refractivity contribution in [1.29, 1.82) is 0 Å². The number of pyridine rings is 1. The number of nitrogen functional groups attached to an aromatic ring is 1. The van der Waals surface area contributed by atoms with Gasteiger partial charge in [-0.3, -0.25) is 4.98 Å². The van der Waals surface area contributed by atoms with Crippen LogP contribution < -0.4 is 16.2 Å². The Balaban J connectivity index is 0.00000176. The Morgan fingerprint density at radius 2 is 1.88 bits per heavy atom. The SMILES string of the molecule is Cc1ncc(OCC2(CN)CC2)cc1-c1cccc(N)c1.Cl.Cl.Cl. The largest absolute Gasteiger partial charge is 0.491 e. The number of hydrogen-bond acceptors (Lipinski definition) is 4. The van der Waals surface area contributed by atoms with Crippen molar-refractivity contribution < 1.29 is 4.74 Å². The van der Waals surface area contributed by atoms with E-state index in [0.29, 0.717) is 13.2 Å². The number of anilines is 1. The first-order chi connectivity index (χ1) is 10.1. The predicted octanol–water partition coefficient (Wildman–Crippen LogP) is 4.02. The Morgan fingerprint density at radius 1 is 1.17 bits per heavy atom. The highest BCUT2D eigenvalue weighted by Gasteiger charge is 2.42. The molecule has 24 heavy (non-hydrogen) atoms. The Kier molecular flexibility index (Phi) is 8.86. The van der Waals surface area contributed by atoms with Gasteiger partial charge in [0, 0.05) is 28.9 Å². The van der Waals surface area contributed by atoms with E-state index in [1.165, 1.54) is 0 Å². The van der Waals surface area contributed by atoms with E-state index in [4.69, 9.17) is 16.2 Å². The van der Waals surface area contributed by atoms with Crippen LogP contribution in [0.4, 0.5) is 5.69 Å². The molecule has 0 aliphatic heterocycles. The normalized spacial score (nSPS) is 13.8. The molecule has 4 N–H and O–H groups in total. The van der Waals surface area contributed by atoms with Crippen LogP contribution in [0.1, 0.15) is 18.5 Å². The minimum absolute atomic E-state index is 0. The van der Waals surface area contributed by atoms with E-state index in [1.54, 1.807) is 6.20 Å². The average molecular weight is 393 g/mol. The maximum absolute atomic E-state index is 5.90. The Bertz CT molecular complexity index is 663. The van der Waals surface area contributed by atoms with Gasteiger partial charge < -0.3 is 16.2 Å². The number of rotatable bonds is 5. The molecule has 7 heteroatoms. The first kappa shape index (κ1) is 22.8. The molecule has 1 aliphatic rings. The van der Waals surface area contributed by atoms with E-state index in [1.807, 2.05) is 37.3 Å². The lowest BCUT2D eigenvalue weighted by Gasteiger charge is -2.15. The van der Waals surface area contributed by atoms with Gasteiger partial charge in [-0.25, -0.2) is 0 Å². The summed E-state index contributed by atoms with van der Waals surface area (Å²) in [6.45, 7) is 3.35. The number of nitrogens with two attached hydrogens (primary N) is 2. The second-order valence-electron chi connectivity index (χ2n) is 5.92. The summed E-state index contributed by atoms with van der Waals surface area (Å²) in [5.74, 6) is 0.790. The lowest BCUT2D eigenvalue weighted by Crippen LogP contribution is -2.22. The summed E-state index contributed by atoms with van der Waals surface area (Å²) < 4.78 is 5.90. The molecule has 0 atom stereocenters. The maximum atomic E-state index is 5.90. The lowest BCUT2D eigenvalue weighted by atomic mass is 10.0. The van der Waals surface area contributed by atoms with Crippen molar-refractivity contribution in [2.24, 2.45) is 11.1 Å². The molecule has 0 bridgehead atoms. The van der Waals surface area contributed by atoms with Gasteiger partial charge in [0.1, 0.15) is 5.75 Å². The molecule has 2 aromatic rings. The predicted molar refractivity (Wildman–Crippen MR) is 107 cm³/mol. The topological polar surface area (TPSA) is 74.2 Å². The molecular formula is C17H24Cl3N3O. The van der Waals surface area contributed by atoms with Crippen LogP contribution in [0, 0.1) is 12.3 Å². The third-order valence-corrected chi connectivity index (χ3v) is 4.19. The van der Waals surface area contributed by atoms with E-state index in [-0.39, 0.29) is 42.6 Å². The van der Waals surface area contributed by atoms with Gasteiger partial charge in [-0.2, -0.15) is 0 Å². The molecule has 1 heterocycles. The third-order valence-electron chi connectivity index (χ3n) is 4.19. The highest BCUT2D eigenvalue weighted by atomic mass is 35.5. The van der Waals surface area contributed by atoms with Crippen LogP contribution in [-0.2, 0) is 0 Å². The minimum Gasteiger partial charge on any atom is -0.491 e. The minimum atomic E-state index is 0. The van der Waals surface area contributed by atoms with Crippen LogP contribution in [0.15, 0.2) is 36.5 Å². The number of ether oxygens (including phenoxy) is 1. The van der Waals surface area contributed by atoms with Crippen LogP contribution in [-0.4, -0.2) is 18.1 Å². The number of aryl methyl sites for hydroxylation is 1. The van der Waals surface area contributed by atoms with Crippen molar-refractivity contribution in [2.45, 2.75) is 19.8 Å². The van der Waals surface area contributed by atoms with Crippen molar-refractivity contribution in [3.05, 3.63) is 42.2 Å². The summed E-state index contributed by atoms with van der Waals surface area (Å²) in [6, 6.07) is 9.85. The Morgan fingerprint density at radius 3 is 2.46 bits per heavy atom. The van der Waals surface area contributed by atoms with Crippen LogP contribution in [0.3, 0.4) is 0 Å². The molecule has 4 nitrogen and oxygen atoms in total. The zero-order valence-electron chi connectivity index (χ0n) is 13.5. The number of benzene rings is 1. The van der Waals surface area contributed by atoms with Gasteiger partial charge in [-0.1, -0.05) is 12.1 Å². The van der Waals surface area contributed by atoms with Gasteiger partial charge in [0.25, 0.3) is 0 Å². The monoisotopic (exact) mass is 391 g/mol. The summed E-state index contributed by atoms with van der Waals surface area (Å²) in [5.41, 5.74) is 15.7. The molecule has 0 radical (unpaired) electrons. The fourth-order valence-corrected chi connectivity index (χ4v) is 2.41. The molecular weight excluding hydrogens is 369 g/mol. The third kappa shape index (κ3) is 5.15. The molecule has 0 spiro atoms. The zero-order chi connectivity index (χ0) is 14.9. The zero-order valence-corrected chi connectivity index (χ0v) is 16.0. The molecule has 0 unspecified atom stereocenters. The number of aromatic nitrogens is 1. The van der Waals surface area contributed by atoms with E-state index in [0.717, 1.165) is 41.1 Å². The van der Waals surface area contributed by atoms with E-state index < -0.39 is 0 Å². The van der Waals surface area contributed by atoms with E-state index in [2.05, 4.69) is 4.98 Å². The summed E-state index contributed by atoms with van der Waals surface area (Å²) in [7, 11) is 0. The van der Waals surface area contributed by atoms with Gasteiger partial charge in [0.15, 0.2) is 0 Å². The van der Waals surface area contributed by atoms with Crippen molar-refractivity contribution >= 4 is 42.9 Å². The average Bonchev–Trinajstić information content (AvgIpc) is 3.27. The molecule has 0 saturated heterocycles. The number of nitrogens with zero attached hydrogens (tertiary/aromatic N) is 1. The highest BCUT2D eigenvalue weighted by Crippen LogP contribution is 2.44. The fourth-order valence-electron chi connectivity index (χ4n) is 2.41. The molecule has 0 amide bonds. The van der Waals surface area contributed by atoms with Gasteiger partial charge in [0.05, 0.1) is 12.8 Å². The second kappa shape index (κ2) is 9.33. The summed E-state index contributed by atoms with van der Waals surface area (Å²) in [4.78, 5) is 4.43. The standard InChI is InChI=1S/C17H21N3O.3ClH/c1-12-16(13-3-2-4-14(19)7-13)8-15(9-20-12)21-11-17(10-18)5-6-17;;;/h2-4,7-9H,5-6,10-11,18-19H2,1H3;3*1H. The van der Waals surface area contributed by atoms with Gasteiger partial charge in [0.2, 0.25) is 0 Å². The van der Waals surface area contributed by atoms with Crippen LogP contribution in [0.25, 0.3) is 11.1 Å². The molecule has 1 saturated carbocycles. The van der Waals surface area contributed by atoms with Crippen molar-refractivity contribution in [3.8, 4) is 16.9 Å². The molecule has 1 aliphatic carbocycles. The Hall–Kier alpha value is -1.20. The molecule has 1 fully saturated rings.